The van der Waals surface area contributed by atoms with Crippen molar-refractivity contribution in [1.29, 1.82) is 0 Å². The third-order valence-corrected chi connectivity index (χ3v) is 5.36. The third kappa shape index (κ3) is 3.35. The fourth-order valence-corrected chi connectivity index (χ4v) is 3.75. The molecule has 7 heteroatoms. The molecule has 1 unspecified atom stereocenters. The monoisotopic (exact) mass is 388 g/mol. The van der Waals surface area contributed by atoms with Crippen molar-refractivity contribution in [2.45, 2.75) is 18.9 Å². The molecule has 1 saturated heterocycles. The van der Waals surface area contributed by atoms with Gasteiger partial charge in [-0.15, -0.1) is 0 Å². The molecule has 0 radical (unpaired) electrons. The van der Waals surface area contributed by atoms with Gasteiger partial charge in [-0.05, 0) is 41.3 Å². The predicted octanol–water partition coefficient (Wildman–Crippen LogP) is 3.74. The topological polar surface area (TPSA) is 84.2 Å². The van der Waals surface area contributed by atoms with E-state index >= 15 is 0 Å². The Balaban J connectivity index is 1.31. The minimum Gasteiger partial charge on any atom is -0.497 e. The first kappa shape index (κ1) is 17.5. The van der Waals surface area contributed by atoms with E-state index in [0.29, 0.717) is 31.2 Å². The maximum atomic E-state index is 12.5. The molecule has 1 aliphatic heterocycles. The quantitative estimate of drug-likeness (QED) is 0.563. The van der Waals surface area contributed by atoms with Gasteiger partial charge in [0.1, 0.15) is 5.75 Å². The maximum Gasteiger partial charge on any atom is 0.258 e. The molecule has 0 spiro atoms. The number of methoxy groups -OCH3 is 1. The largest absolute Gasteiger partial charge is 0.497 e. The summed E-state index contributed by atoms with van der Waals surface area (Å²) in [5, 5.41) is 5.28. The molecule has 1 fully saturated rings. The third-order valence-electron chi connectivity index (χ3n) is 5.36. The zero-order valence-corrected chi connectivity index (χ0v) is 16.0. The molecule has 0 saturated carbocycles. The van der Waals surface area contributed by atoms with Gasteiger partial charge in [0.25, 0.3) is 5.89 Å². The fourth-order valence-electron chi connectivity index (χ4n) is 3.75. The lowest BCUT2D eigenvalue weighted by molar-refractivity contribution is -0.128. The highest BCUT2D eigenvalue weighted by atomic mass is 16.5. The Morgan fingerprint density at radius 1 is 1.21 bits per heavy atom. The number of aromatic amines is 1. The van der Waals surface area contributed by atoms with Gasteiger partial charge in [-0.1, -0.05) is 23.4 Å². The van der Waals surface area contributed by atoms with Crippen LogP contribution in [0.1, 0.15) is 23.7 Å². The summed E-state index contributed by atoms with van der Waals surface area (Å²) >= 11 is 0. The molecule has 3 heterocycles. The number of hydrogen-bond donors (Lipinski definition) is 1. The Labute approximate surface area is 167 Å². The number of nitrogens with one attached hydrogen (secondary N) is 1. The van der Waals surface area contributed by atoms with E-state index in [4.69, 9.17) is 9.26 Å². The number of carbonyl (C=O) groups is 1. The zero-order valence-electron chi connectivity index (χ0n) is 16.0. The van der Waals surface area contributed by atoms with Crippen LogP contribution in [0.2, 0.25) is 0 Å². The van der Waals surface area contributed by atoms with Crippen molar-refractivity contribution >= 4 is 16.8 Å². The number of carbonyl (C=O) groups excluding carboxylic acids is 1. The van der Waals surface area contributed by atoms with Gasteiger partial charge in [-0.3, -0.25) is 4.79 Å². The van der Waals surface area contributed by atoms with Crippen molar-refractivity contribution < 1.29 is 14.1 Å². The van der Waals surface area contributed by atoms with Gasteiger partial charge >= 0.3 is 0 Å². The van der Waals surface area contributed by atoms with E-state index in [1.165, 1.54) is 0 Å². The first-order valence-corrected chi connectivity index (χ1v) is 9.51. The van der Waals surface area contributed by atoms with E-state index in [1.54, 1.807) is 7.11 Å². The summed E-state index contributed by atoms with van der Waals surface area (Å²) in [6.07, 6.45) is 2.29. The van der Waals surface area contributed by atoms with Crippen LogP contribution in [0.4, 0.5) is 0 Å². The van der Waals surface area contributed by atoms with Crippen molar-refractivity contribution in [3.63, 3.8) is 0 Å². The second-order valence-corrected chi connectivity index (χ2v) is 7.26. The Hall–Kier alpha value is -3.61. The van der Waals surface area contributed by atoms with Gasteiger partial charge in [0, 0.05) is 42.7 Å². The lowest BCUT2D eigenvalue weighted by Crippen LogP contribution is -2.24. The van der Waals surface area contributed by atoms with E-state index in [1.807, 2.05) is 59.6 Å². The fraction of sp³-hybridized carbons (Fsp3) is 0.227. The highest BCUT2D eigenvalue weighted by molar-refractivity contribution is 5.83. The van der Waals surface area contributed by atoms with Gasteiger partial charge in [0.15, 0.2) is 5.82 Å². The van der Waals surface area contributed by atoms with E-state index < -0.39 is 0 Å². The number of ether oxygens (including phenoxy) is 1. The van der Waals surface area contributed by atoms with Crippen molar-refractivity contribution in [3.05, 3.63) is 66.1 Å². The van der Waals surface area contributed by atoms with Crippen LogP contribution < -0.4 is 4.74 Å². The van der Waals surface area contributed by atoms with Crippen LogP contribution in [-0.4, -0.2) is 39.6 Å². The SMILES string of the molecule is COc1ccc(CN2CC(c3noc(-c4ccc5cc[nH]c5c4)n3)CC2=O)cc1. The standard InChI is InChI=1S/C22H20N4O3/c1-28-18-6-2-14(3-7-18)12-26-13-17(11-20(26)27)21-24-22(29-25-21)16-5-4-15-8-9-23-19(15)10-16/h2-10,17,23H,11-13H2,1H3. The second kappa shape index (κ2) is 7.09. The van der Waals surface area contributed by atoms with Crippen LogP contribution in [0, 0.1) is 0 Å². The first-order chi connectivity index (χ1) is 14.2. The average molecular weight is 388 g/mol. The molecule has 1 aliphatic rings. The van der Waals surface area contributed by atoms with E-state index in [-0.39, 0.29) is 11.8 Å². The summed E-state index contributed by atoms with van der Waals surface area (Å²) in [5.74, 6) is 1.89. The maximum absolute atomic E-state index is 12.5. The van der Waals surface area contributed by atoms with Gasteiger partial charge in [0.2, 0.25) is 5.91 Å². The molecule has 0 bridgehead atoms. The summed E-state index contributed by atoms with van der Waals surface area (Å²) in [4.78, 5) is 22.1. The Morgan fingerprint density at radius 2 is 2.07 bits per heavy atom. The number of amides is 1. The lowest BCUT2D eigenvalue weighted by atomic mass is 10.1. The van der Waals surface area contributed by atoms with Gasteiger partial charge in [-0.25, -0.2) is 0 Å². The first-order valence-electron chi connectivity index (χ1n) is 9.51. The van der Waals surface area contributed by atoms with Gasteiger partial charge < -0.3 is 19.1 Å². The van der Waals surface area contributed by atoms with Gasteiger partial charge in [0.05, 0.1) is 7.11 Å². The van der Waals surface area contributed by atoms with E-state index in [2.05, 4.69) is 15.1 Å². The highest BCUT2D eigenvalue weighted by Gasteiger charge is 2.33. The summed E-state index contributed by atoms with van der Waals surface area (Å²) in [5.41, 5.74) is 2.94. The number of H-pyrrole nitrogens is 1. The minimum atomic E-state index is -0.0625. The van der Waals surface area contributed by atoms with Crippen molar-refractivity contribution in [2.24, 2.45) is 0 Å². The van der Waals surface area contributed by atoms with Crippen molar-refractivity contribution in [2.75, 3.05) is 13.7 Å². The summed E-state index contributed by atoms with van der Waals surface area (Å²) in [6, 6.07) is 15.7. The number of fused-ring (bicyclic) bond motifs is 1. The zero-order chi connectivity index (χ0) is 19.8. The number of likely N-dealkylation sites (tertiary alicyclic amines) is 1. The van der Waals surface area contributed by atoms with Crippen LogP contribution in [0.5, 0.6) is 5.75 Å². The van der Waals surface area contributed by atoms with Crippen LogP contribution in [0.15, 0.2) is 59.3 Å². The van der Waals surface area contributed by atoms with Crippen molar-refractivity contribution in [1.82, 2.24) is 20.0 Å². The number of aromatic nitrogens is 3. The van der Waals surface area contributed by atoms with E-state index in [9.17, 15) is 4.79 Å². The number of rotatable bonds is 5. The second-order valence-electron chi connectivity index (χ2n) is 7.26. The number of nitrogens with zero attached hydrogens (tertiary/aromatic N) is 3. The predicted molar refractivity (Wildman–Crippen MR) is 107 cm³/mol. The molecule has 4 aromatic rings. The van der Waals surface area contributed by atoms with Crippen LogP contribution in [0.25, 0.3) is 22.4 Å². The van der Waals surface area contributed by atoms with Gasteiger partial charge in [-0.2, -0.15) is 4.98 Å². The molecule has 0 aliphatic carbocycles. The number of benzene rings is 2. The van der Waals surface area contributed by atoms with Crippen molar-refractivity contribution in [3.8, 4) is 17.2 Å². The summed E-state index contributed by atoms with van der Waals surface area (Å²) in [7, 11) is 1.64. The van der Waals surface area contributed by atoms with E-state index in [0.717, 1.165) is 27.8 Å². The molecule has 2 aromatic carbocycles. The molecule has 1 amide bonds. The van der Waals surface area contributed by atoms with Crippen LogP contribution in [-0.2, 0) is 11.3 Å². The molecule has 2 aromatic heterocycles. The Kier molecular flexibility index (Phi) is 4.27. The highest BCUT2D eigenvalue weighted by Crippen LogP contribution is 2.30. The smallest absolute Gasteiger partial charge is 0.258 e. The molecule has 7 nitrogen and oxygen atoms in total. The number of hydrogen-bond acceptors (Lipinski definition) is 5. The molecule has 146 valence electrons. The molecule has 5 rings (SSSR count). The molecular weight excluding hydrogens is 368 g/mol. The van der Waals surface area contributed by atoms with Crippen LogP contribution >= 0.6 is 0 Å². The lowest BCUT2D eigenvalue weighted by Gasteiger charge is -2.16. The normalized spacial score (nSPS) is 16.7. The molecule has 1 atom stereocenters. The molecule has 1 N–H and O–H groups in total. The Bertz CT molecular complexity index is 1160. The minimum absolute atomic E-state index is 0.0625. The Morgan fingerprint density at radius 3 is 2.90 bits per heavy atom. The average Bonchev–Trinajstić information content (AvgIpc) is 3.48. The summed E-state index contributed by atoms with van der Waals surface area (Å²) < 4.78 is 10.7. The molecule has 29 heavy (non-hydrogen) atoms. The summed E-state index contributed by atoms with van der Waals surface area (Å²) in [6.45, 7) is 1.15. The van der Waals surface area contributed by atoms with Crippen LogP contribution in [0.3, 0.4) is 0 Å². The molecular formula is C22H20N4O3.